The van der Waals surface area contributed by atoms with E-state index in [0.29, 0.717) is 16.1 Å². The van der Waals surface area contributed by atoms with Crippen molar-refractivity contribution >= 4 is 23.2 Å². The van der Waals surface area contributed by atoms with Gasteiger partial charge in [-0.15, -0.1) is 0 Å². The maximum absolute atomic E-state index is 12.9. The zero-order valence-electron chi connectivity index (χ0n) is 9.62. The van der Waals surface area contributed by atoms with Crippen LogP contribution in [0.1, 0.15) is 22.8 Å². The maximum Gasteiger partial charge on any atom is 0.124 e. The maximum atomic E-state index is 12.9. The Morgan fingerprint density at radius 1 is 1.06 bits per heavy atom. The molecule has 4 heteroatoms. The molecule has 0 aromatic heterocycles. The summed E-state index contributed by atoms with van der Waals surface area (Å²) in [5.74, 6) is -0.433. The van der Waals surface area contributed by atoms with Crippen LogP contribution in [0.2, 0.25) is 10.0 Å². The highest BCUT2D eigenvalue weighted by Crippen LogP contribution is 2.30. The summed E-state index contributed by atoms with van der Waals surface area (Å²) in [6.45, 7) is 1.88. The van der Waals surface area contributed by atoms with Crippen LogP contribution in [0.3, 0.4) is 0 Å². The molecule has 0 aliphatic rings. The molecule has 0 radical (unpaired) electrons. The van der Waals surface area contributed by atoms with Gasteiger partial charge in [0.1, 0.15) is 11.9 Å². The molecule has 1 N–H and O–H groups in total. The van der Waals surface area contributed by atoms with Gasteiger partial charge in [0, 0.05) is 15.6 Å². The predicted octanol–water partition coefficient (Wildman–Crippen LogP) is 4.52. The van der Waals surface area contributed by atoms with Crippen LogP contribution in [0, 0.1) is 12.7 Å². The van der Waals surface area contributed by atoms with Crippen LogP contribution in [0.25, 0.3) is 0 Å². The Morgan fingerprint density at radius 2 is 1.78 bits per heavy atom. The van der Waals surface area contributed by atoms with Crippen LogP contribution >= 0.6 is 23.2 Å². The highest BCUT2D eigenvalue weighted by atomic mass is 35.5. The van der Waals surface area contributed by atoms with Crippen molar-refractivity contribution in [3.8, 4) is 0 Å². The monoisotopic (exact) mass is 284 g/mol. The van der Waals surface area contributed by atoms with E-state index in [9.17, 15) is 9.50 Å². The van der Waals surface area contributed by atoms with Crippen LogP contribution < -0.4 is 0 Å². The van der Waals surface area contributed by atoms with Gasteiger partial charge in [0.05, 0.1) is 0 Å². The van der Waals surface area contributed by atoms with E-state index in [-0.39, 0.29) is 5.02 Å². The van der Waals surface area contributed by atoms with Crippen molar-refractivity contribution < 1.29 is 9.50 Å². The van der Waals surface area contributed by atoms with Crippen molar-refractivity contribution in [1.82, 2.24) is 0 Å². The number of aryl methyl sites for hydroxylation is 1. The largest absolute Gasteiger partial charge is 0.384 e. The number of rotatable bonds is 2. The molecule has 0 saturated heterocycles. The zero-order valence-corrected chi connectivity index (χ0v) is 11.1. The lowest BCUT2D eigenvalue weighted by Gasteiger charge is -2.14. The third kappa shape index (κ3) is 2.66. The molecular weight excluding hydrogens is 274 g/mol. The van der Waals surface area contributed by atoms with Gasteiger partial charge in [-0.3, -0.25) is 0 Å². The predicted molar refractivity (Wildman–Crippen MR) is 71.7 cm³/mol. The highest BCUT2D eigenvalue weighted by Gasteiger charge is 2.15. The lowest BCUT2D eigenvalue weighted by atomic mass is 10.0. The fraction of sp³-hybridized carbons (Fsp3) is 0.143. The summed E-state index contributed by atoms with van der Waals surface area (Å²) in [6, 6.07) is 9.18. The Morgan fingerprint density at radius 3 is 2.39 bits per heavy atom. The van der Waals surface area contributed by atoms with Crippen LogP contribution in [-0.4, -0.2) is 5.11 Å². The van der Waals surface area contributed by atoms with Crippen molar-refractivity contribution in [3.63, 3.8) is 0 Å². The van der Waals surface area contributed by atoms with Gasteiger partial charge in [0.15, 0.2) is 0 Å². The number of hydrogen-bond donors (Lipinski definition) is 1. The topological polar surface area (TPSA) is 20.2 Å². The molecule has 18 heavy (non-hydrogen) atoms. The molecule has 94 valence electrons. The molecule has 1 nitrogen and oxygen atoms in total. The lowest BCUT2D eigenvalue weighted by Crippen LogP contribution is -2.01. The molecule has 0 saturated carbocycles. The molecule has 0 spiro atoms. The standard InChI is InChI=1S/C14H11Cl2FO/c1-8-2-3-9(6-12(8)15)14(18)11-5-4-10(17)7-13(11)16/h2-7,14,18H,1H3. The molecule has 0 aliphatic carbocycles. The average Bonchev–Trinajstić information content (AvgIpc) is 2.32. The van der Waals surface area contributed by atoms with E-state index >= 15 is 0 Å². The molecule has 1 atom stereocenters. The SMILES string of the molecule is Cc1ccc(C(O)c2ccc(F)cc2Cl)cc1Cl. The van der Waals surface area contributed by atoms with Crippen LogP contribution in [0.15, 0.2) is 36.4 Å². The Bertz CT molecular complexity index is 584. The first kappa shape index (κ1) is 13.3. The lowest BCUT2D eigenvalue weighted by molar-refractivity contribution is 0.220. The summed E-state index contributed by atoms with van der Waals surface area (Å²) in [7, 11) is 0. The average molecular weight is 285 g/mol. The van der Waals surface area contributed by atoms with Gasteiger partial charge in [-0.25, -0.2) is 4.39 Å². The fourth-order valence-corrected chi connectivity index (χ4v) is 2.14. The number of aliphatic hydroxyl groups excluding tert-OH is 1. The van der Waals surface area contributed by atoms with E-state index in [1.807, 2.05) is 13.0 Å². The van der Waals surface area contributed by atoms with Crippen molar-refractivity contribution in [2.45, 2.75) is 13.0 Å². The molecule has 2 aromatic rings. The third-order valence-corrected chi connectivity index (χ3v) is 3.50. The first-order chi connectivity index (χ1) is 8.49. The van der Waals surface area contributed by atoms with E-state index in [1.165, 1.54) is 18.2 Å². The molecule has 2 aromatic carbocycles. The van der Waals surface area contributed by atoms with Gasteiger partial charge in [-0.1, -0.05) is 41.4 Å². The van der Waals surface area contributed by atoms with E-state index in [2.05, 4.69) is 0 Å². The van der Waals surface area contributed by atoms with E-state index in [1.54, 1.807) is 12.1 Å². The summed E-state index contributed by atoms with van der Waals surface area (Å²) in [5.41, 5.74) is 2.01. The van der Waals surface area contributed by atoms with Crippen molar-refractivity contribution in [2.75, 3.05) is 0 Å². The summed E-state index contributed by atoms with van der Waals surface area (Å²) in [5, 5.41) is 11.0. The normalized spacial score (nSPS) is 12.5. The minimum atomic E-state index is -0.920. The Labute approximate surface area is 115 Å². The van der Waals surface area contributed by atoms with Gasteiger partial charge in [0.2, 0.25) is 0 Å². The molecule has 0 amide bonds. The fourth-order valence-electron chi connectivity index (χ4n) is 1.68. The summed E-state index contributed by atoms with van der Waals surface area (Å²) < 4.78 is 12.9. The van der Waals surface area contributed by atoms with Crippen LogP contribution in [0.4, 0.5) is 4.39 Å². The van der Waals surface area contributed by atoms with Gasteiger partial charge in [0.25, 0.3) is 0 Å². The second kappa shape index (κ2) is 5.27. The van der Waals surface area contributed by atoms with Gasteiger partial charge < -0.3 is 5.11 Å². The van der Waals surface area contributed by atoms with E-state index in [4.69, 9.17) is 23.2 Å². The summed E-state index contributed by atoms with van der Waals surface area (Å²) in [6.07, 6.45) is -0.920. The van der Waals surface area contributed by atoms with E-state index < -0.39 is 11.9 Å². The molecule has 0 heterocycles. The quantitative estimate of drug-likeness (QED) is 0.860. The van der Waals surface area contributed by atoms with Crippen LogP contribution in [0.5, 0.6) is 0 Å². The summed E-state index contributed by atoms with van der Waals surface area (Å²) in [4.78, 5) is 0. The number of benzene rings is 2. The molecular formula is C14H11Cl2FO. The molecule has 2 rings (SSSR count). The number of aliphatic hydroxyl groups is 1. The second-order valence-corrected chi connectivity index (χ2v) is 4.89. The molecule has 0 bridgehead atoms. The first-order valence-electron chi connectivity index (χ1n) is 5.38. The molecule has 1 unspecified atom stereocenters. The smallest absolute Gasteiger partial charge is 0.124 e. The van der Waals surface area contributed by atoms with Gasteiger partial charge in [-0.2, -0.15) is 0 Å². The highest BCUT2D eigenvalue weighted by molar-refractivity contribution is 6.31. The van der Waals surface area contributed by atoms with Crippen molar-refractivity contribution in [2.24, 2.45) is 0 Å². The Balaban J connectivity index is 2.41. The van der Waals surface area contributed by atoms with Crippen molar-refractivity contribution in [3.05, 3.63) is 69.0 Å². The van der Waals surface area contributed by atoms with Crippen LogP contribution in [-0.2, 0) is 0 Å². The third-order valence-electron chi connectivity index (χ3n) is 2.77. The zero-order chi connectivity index (χ0) is 13.3. The number of halogens is 3. The van der Waals surface area contributed by atoms with Crippen molar-refractivity contribution in [1.29, 1.82) is 0 Å². The van der Waals surface area contributed by atoms with Gasteiger partial charge in [-0.05, 0) is 36.2 Å². The molecule has 0 fully saturated rings. The van der Waals surface area contributed by atoms with Gasteiger partial charge >= 0.3 is 0 Å². The Kier molecular flexibility index (Phi) is 3.91. The summed E-state index contributed by atoms with van der Waals surface area (Å²) >= 11 is 11.9. The minimum absolute atomic E-state index is 0.194. The molecule has 0 aliphatic heterocycles. The van der Waals surface area contributed by atoms with E-state index in [0.717, 1.165) is 5.56 Å². The Hall–Kier alpha value is -1.09. The minimum Gasteiger partial charge on any atom is -0.384 e. The first-order valence-corrected chi connectivity index (χ1v) is 6.13. The second-order valence-electron chi connectivity index (χ2n) is 4.08. The number of hydrogen-bond acceptors (Lipinski definition) is 1.